The minimum atomic E-state index is -0.524. The number of hydrogen-bond acceptors (Lipinski definition) is 5. The van der Waals surface area contributed by atoms with Crippen molar-refractivity contribution in [1.29, 1.82) is 0 Å². The topological polar surface area (TPSA) is 65.7 Å². The van der Waals surface area contributed by atoms with Crippen molar-refractivity contribution < 1.29 is 18.7 Å². The number of halogens is 1. The Hall–Kier alpha value is -3.12. The summed E-state index contributed by atoms with van der Waals surface area (Å²) in [7, 11) is 0. The maximum absolute atomic E-state index is 12.1. The second-order valence-corrected chi connectivity index (χ2v) is 7.07. The highest BCUT2D eigenvalue weighted by atomic mass is 79.9. The Morgan fingerprint density at radius 3 is 2.61 bits per heavy atom. The Labute approximate surface area is 168 Å². The second kappa shape index (κ2) is 7.86. The molecule has 0 fully saturated rings. The molecule has 0 aliphatic heterocycles. The normalized spacial score (nSPS) is 10.9. The van der Waals surface area contributed by atoms with Crippen LogP contribution in [0, 0.1) is 0 Å². The monoisotopic (exact) mass is 438 g/mol. The molecule has 0 radical (unpaired) electrons. The first-order valence-electron chi connectivity index (χ1n) is 8.58. The first-order chi connectivity index (χ1) is 13.6. The van der Waals surface area contributed by atoms with E-state index in [-0.39, 0.29) is 13.2 Å². The molecule has 0 N–H and O–H groups in total. The minimum absolute atomic E-state index is 0.0430. The van der Waals surface area contributed by atoms with Crippen molar-refractivity contribution in [3.8, 4) is 5.75 Å². The zero-order valence-corrected chi connectivity index (χ0v) is 16.3. The predicted octanol–water partition coefficient (Wildman–Crippen LogP) is 4.83. The quantitative estimate of drug-likeness (QED) is 0.253. The zero-order chi connectivity index (χ0) is 19.5. The molecule has 4 aromatic rings. The van der Waals surface area contributed by atoms with Gasteiger partial charge in [-0.3, -0.25) is 0 Å². The van der Waals surface area contributed by atoms with Crippen LogP contribution in [-0.2, 0) is 16.1 Å². The summed E-state index contributed by atoms with van der Waals surface area (Å²) in [6.45, 7) is -0.263. The fourth-order valence-corrected chi connectivity index (χ4v) is 3.27. The zero-order valence-electron chi connectivity index (χ0n) is 14.7. The summed E-state index contributed by atoms with van der Waals surface area (Å²) in [6, 6.07) is 19.9. The van der Waals surface area contributed by atoms with Crippen LogP contribution in [0.4, 0.5) is 0 Å². The molecule has 1 heterocycles. The molecular weight excluding hydrogens is 424 g/mol. The van der Waals surface area contributed by atoms with Crippen molar-refractivity contribution in [3.05, 3.63) is 87.2 Å². The van der Waals surface area contributed by atoms with Crippen molar-refractivity contribution in [1.82, 2.24) is 0 Å². The smallest absolute Gasteiger partial charge is 0.344 e. The van der Waals surface area contributed by atoms with Crippen LogP contribution in [0.1, 0.15) is 5.56 Å². The van der Waals surface area contributed by atoms with Crippen LogP contribution in [0.5, 0.6) is 5.75 Å². The fraction of sp³-hybridized carbons (Fsp3) is 0.0909. The Balaban J connectivity index is 1.54. The highest BCUT2D eigenvalue weighted by molar-refractivity contribution is 9.10. The van der Waals surface area contributed by atoms with Gasteiger partial charge in [0.2, 0.25) is 0 Å². The summed E-state index contributed by atoms with van der Waals surface area (Å²) in [5.74, 6) is 0.0431. The predicted molar refractivity (Wildman–Crippen MR) is 109 cm³/mol. The maximum Gasteiger partial charge on any atom is 0.344 e. The van der Waals surface area contributed by atoms with Gasteiger partial charge in [-0.1, -0.05) is 46.3 Å². The van der Waals surface area contributed by atoms with Gasteiger partial charge in [-0.25, -0.2) is 9.59 Å². The van der Waals surface area contributed by atoms with Gasteiger partial charge >= 0.3 is 11.6 Å². The highest BCUT2D eigenvalue weighted by Crippen LogP contribution is 2.27. The standard InChI is InChI=1S/C22H15BrO5/c23-16-6-8-17(9-7-16)26-13-21(25)27-12-15-11-20(24)28-19-10-5-14-3-1-2-4-18(14)22(15)19/h1-11H,12-13H2. The molecule has 0 bridgehead atoms. The van der Waals surface area contributed by atoms with Crippen molar-refractivity contribution in [2.24, 2.45) is 0 Å². The third kappa shape index (κ3) is 3.92. The van der Waals surface area contributed by atoms with Crippen molar-refractivity contribution in [3.63, 3.8) is 0 Å². The molecule has 3 aromatic carbocycles. The van der Waals surface area contributed by atoms with Crippen LogP contribution in [0.3, 0.4) is 0 Å². The van der Waals surface area contributed by atoms with Gasteiger partial charge in [0, 0.05) is 21.5 Å². The van der Waals surface area contributed by atoms with Crippen LogP contribution >= 0.6 is 15.9 Å². The Kier molecular flexibility index (Phi) is 5.12. The Morgan fingerprint density at radius 1 is 1.00 bits per heavy atom. The molecule has 0 spiro atoms. The van der Waals surface area contributed by atoms with E-state index in [9.17, 15) is 9.59 Å². The number of ether oxygens (including phenoxy) is 2. The molecule has 28 heavy (non-hydrogen) atoms. The average molecular weight is 439 g/mol. The minimum Gasteiger partial charge on any atom is -0.482 e. The van der Waals surface area contributed by atoms with E-state index in [1.54, 1.807) is 18.2 Å². The van der Waals surface area contributed by atoms with Gasteiger partial charge in [0.15, 0.2) is 6.61 Å². The SMILES string of the molecule is O=C(COc1ccc(Br)cc1)OCc1cc(=O)oc2ccc3ccccc3c12. The van der Waals surface area contributed by atoms with Crippen molar-refractivity contribution in [2.45, 2.75) is 6.61 Å². The molecule has 140 valence electrons. The first-order valence-corrected chi connectivity index (χ1v) is 9.38. The lowest BCUT2D eigenvalue weighted by atomic mass is 10.0. The van der Waals surface area contributed by atoms with Gasteiger partial charge in [0.1, 0.15) is 17.9 Å². The van der Waals surface area contributed by atoms with Crippen LogP contribution < -0.4 is 10.4 Å². The number of rotatable bonds is 5. The Bertz CT molecular complexity index is 1210. The van der Waals surface area contributed by atoms with E-state index < -0.39 is 11.6 Å². The second-order valence-electron chi connectivity index (χ2n) is 6.15. The third-order valence-electron chi connectivity index (χ3n) is 4.27. The van der Waals surface area contributed by atoms with Crippen LogP contribution in [0.25, 0.3) is 21.7 Å². The third-order valence-corrected chi connectivity index (χ3v) is 4.80. The number of fused-ring (bicyclic) bond motifs is 3. The molecule has 6 heteroatoms. The van der Waals surface area contributed by atoms with Gasteiger partial charge in [-0.15, -0.1) is 0 Å². The molecular formula is C22H15BrO5. The number of carbonyl (C=O) groups is 1. The van der Waals surface area contributed by atoms with Gasteiger partial charge in [-0.2, -0.15) is 0 Å². The van der Waals surface area contributed by atoms with E-state index in [0.29, 0.717) is 16.9 Å². The number of esters is 1. The molecule has 0 saturated heterocycles. The highest BCUT2D eigenvalue weighted by Gasteiger charge is 2.12. The summed E-state index contributed by atoms with van der Waals surface area (Å²) < 4.78 is 17.0. The van der Waals surface area contributed by atoms with E-state index in [1.807, 2.05) is 42.5 Å². The summed E-state index contributed by atoms with van der Waals surface area (Å²) in [5, 5.41) is 2.70. The summed E-state index contributed by atoms with van der Waals surface area (Å²) in [6.07, 6.45) is 0. The van der Waals surface area contributed by atoms with Gasteiger partial charge in [0.25, 0.3) is 0 Å². The molecule has 0 aliphatic rings. The van der Waals surface area contributed by atoms with Crippen molar-refractivity contribution in [2.75, 3.05) is 6.61 Å². The molecule has 1 aromatic heterocycles. The lowest BCUT2D eigenvalue weighted by molar-refractivity contribution is -0.147. The molecule has 0 unspecified atom stereocenters. The molecule has 0 saturated carbocycles. The number of carbonyl (C=O) groups excluding carboxylic acids is 1. The lowest BCUT2D eigenvalue weighted by Gasteiger charge is -2.10. The molecule has 0 atom stereocenters. The van der Waals surface area contributed by atoms with E-state index in [4.69, 9.17) is 13.9 Å². The molecule has 0 aliphatic carbocycles. The summed E-state index contributed by atoms with van der Waals surface area (Å²) in [4.78, 5) is 24.0. The maximum atomic E-state index is 12.1. The van der Waals surface area contributed by atoms with E-state index in [1.165, 1.54) is 6.07 Å². The van der Waals surface area contributed by atoms with Gasteiger partial charge in [0.05, 0.1) is 0 Å². The van der Waals surface area contributed by atoms with E-state index >= 15 is 0 Å². The van der Waals surface area contributed by atoms with Gasteiger partial charge < -0.3 is 13.9 Å². The van der Waals surface area contributed by atoms with Crippen molar-refractivity contribution >= 4 is 43.6 Å². The van der Waals surface area contributed by atoms with E-state index in [2.05, 4.69) is 15.9 Å². The number of hydrogen-bond donors (Lipinski definition) is 0. The number of benzene rings is 3. The molecule has 5 nitrogen and oxygen atoms in total. The lowest BCUT2D eigenvalue weighted by Crippen LogP contribution is -2.15. The first kappa shape index (κ1) is 18.3. The van der Waals surface area contributed by atoms with Gasteiger partial charge in [-0.05, 0) is 41.1 Å². The largest absolute Gasteiger partial charge is 0.482 e. The molecule has 0 amide bonds. The summed E-state index contributed by atoms with van der Waals surface area (Å²) >= 11 is 3.34. The molecule has 4 rings (SSSR count). The van der Waals surface area contributed by atoms with Crippen LogP contribution in [0.15, 0.2) is 80.4 Å². The average Bonchev–Trinajstić information content (AvgIpc) is 2.71. The van der Waals surface area contributed by atoms with Crippen LogP contribution in [-0.4, -0.2) is 12.6 Å². The fourth-order valence-electron chi connectivity index (χ4n) is 3.01. The summed E-state index contributed by atoms with van der Waals surface area (Å²) in [5.41, 5.74) is 0.573. The van der Waals surface area contributed by atoms with E-state index in [0.717, 1.165) is 20.6 Å². The Morgan fingerprint density at radius 2 is 1.79 bits per heavy atom. The van der Waals surface area contributed by atoms with Crippen LogP contribution in [0.2, 0.25) is 0 Å².